The van der Waals surface area contributed by atoms with Crippen LogP contribution in [0.25, 0.3) is 0 Å². The van der Waals surface area contributed by atoms with Crippen LogP contribution in [-0.4, -0.2) is 18.8 Å². The molecule has 8 heavy (non-hydrogen) atoms. The highest BCUT2D eigenvalue weighted by atomic mass is 14.7. The van der Waals surface area contributed by atoms with Crippen LogP contribution in [0.1, 0.15) is 20.3 Å². The molecule has 0 aliphatic rings. The molecular weight excluding hydrogens is 100 g/mol. The van der Waals surface area contributed by atoms with E-state index in [-0.39, 0.29) is 0 Å². The van der Waals surface area contributed by atoms with E-state index in [1.807, 2.05) is 6.92 Å². The van der Waals surface area contributed by atoms with Gasteiger partial charge in [0.15, 0.2) is 0 Å². The van der Waals surface area contributed by atoms with E-state index in [0.29, 0.717) is 6.54 Å². The molecule has 2 heteroatoms. The molecule has 0 saturated heterocycles. The van der Waals surface area contributed by atoms with E-state index in [1.165, 1.54) is 0 Å². The molecule has 0 unspecified atom stereocenters. The molecule has 0 aromatic rings. The van der Waals surface area contributed by atoms with Gasteiger partial charge >= 0.3 is 0 Å². The Kier molecular flexibility index (Phi) is 4.56. The maximum absolute atomic E-state index is 5.34. The monoisotopic (exact) mass is 114 g/mol. The summed E-state index contributed by atoms with van der Waals surface area (Å²) in [4.78, 5) is 4.15. The summed E-state index contributed by atoms with van der Waals surface area (Å²) in [5.41, 5.74) is 6.46. The molecule has 0 saturated carbocycles. The molecule has 0 radical (unpaired) electrons. The Morgan fingerprint density at radius 1 is 1.50 bits per heavy atom. The molecule has 0 spiro atoms. The average Bonchev–Trinajstić information content (AvgIpc) is 1.83. The lowest BCUT2D eigenvalue weighted by molar-refractivity contribution is 1.07. The Morgan fingerprint density at radius 2 is 2.12 bits per heavy atom. The number of rotatable bonds is 3. The van der Waals surface area contributed by atoms with Crippen molar-refractivity contribution in [2.45, 2.75) is 20.3 Å². The van der Waals surface area contributed by atoms with Gasteiger partial charge in [0.05, 0.1) is 0 Å². The van der Waals surface area contributed by atoms with Crippen molar-refractivity contribution in [1.29, 1.82) is 0 Å². The van der Waals surface area contributed by atoms with Crippen LogP contribution < -0.4 is 5.73 Å². The third kappa shape index (κ3) is 2.75. The summed E-state index contributed by atoms with van der Waals surface area (Å²) in [6.07, 6.45) is 0.990. The van der Waals surface area contributed by atoms with Crippen LogP contribution in [0.3, 0.4) is 0 Å². The van der Waals surface area contributed by atoms with Crippen molar-refractivity contribution in [3.05, 3.63) is 0 Å². The minimum atomic E-state index is 0.615. The van der Waals surface area contributed by atoms with E-state index in [0.717, 1.165) is 18.7 Å². The second-order valence-electron chi connectivity index (χ2n) is 1.60. The van der Waals surface area contributed by atoms with Crippen molar-refractivity contribution in [1.82, 2.24) is 0 Å². The SMILES string of the molecule is CCN=C(CC)CN. The van der Waals surface area contributed by atoms with Gasteiger partial charge in [0, 0.05) is 18.8 Å². The highest BCUT2D eigenvalue weighted by Gasteiger charge is 1.86. The molecule has 0 rings (SSSR count). The van der Waals surface area contributed by atoms with Crippen LogP contribution in [0.5, 0.6) is 0 Å². The summed E-state index contributed by atoms with van der Waals surface area (Å²) in [5, 5.41) is 0. The van der Waals surface area contributed by atoms with Gasteiger partial charge in [-0.2, -0.15) is 0 Å². The van der Waals surface area contributed by atoms with Crippen LogP contribution in [0.4, 0.5) is 0 Å². The molecule has 0 aliphatic heterocycles. The van der Waals surface area contributed by atoms with Crippen LogP contribution in [-0.2, 0) is 0 Å². The first-order valence-electron chi connectivity index (χ1n) is 3.07. The smallest absolute Gasteiger partial charge is 0.0360 e. The van der Waals surface area contributed by atoms with Gasteiger partial charge < -0.3 is 5.73 Å². The van der Waals surface area contributed by atoms with E-state index in [4.69, 9.17) is 5.73 Å². The highest BCUT2D eigenvalue weighted by molar-refractivity contribution is 5.85. The van der Waals surface area contributed by atoms with Crippen molar-refractivity contribution in [2.24, 2.45) is 10.7 Å². The molecular formula is C6H14N2. The number of hydrogen-bond donors (Lipinski definition) is 1. The molecule has 0 fully saturated rings. The molecule has 0 aromatic heterocycles. The molecule has 2 nitrogen and oxygen atoms in total. The van der Waals surface area contributed by atoms with Gasteiger partial charge in [-0.15, -0.1) is 0 Å². The Bertz CT molecular complexity index is 70.6. The van der Waals surface area contributed by atoms with Crippen LogP contribution in [0.15, 0.2) is 4.99 Å². The molecule has 0 bridgehead atoms. The lowest BCUT2D eigenvalue weighted by atomic mass is 10.3. The number of hydrogen-bond acceptors (Lipinski definition) is 2. The summed E-state index contributed by atoms with van der Waals surface area (Å²) < 4.78 is 0. The van der Waals surface area contributed by atoms with Crippen molar-refractivity contribution < 1.29 is 0 Å². The van der Waals surface area contributed by atoms with Gasteiger partial charge in [-0.25, -0.2) is 0 Å². The summed E-state index contributed by atoms with van der Waals surface area (Å²) >= 11 is 0. The minimum Gasteiger partial charge on any atom is -0.326 e. The van der Waals surface area contributed by atoms with Crippen LogP contribution >= 0.6 is 0 Å². The Balaban J connectivity index is 3.49. The van der Waals surface area contributed by atoms with Crippen molar-refractivity contribution in [2.75, 3.05) is 13.1 Å². The van der Waals surface area contributed by atoms with Gasteiger partial charge in [0.1, 0.15) is 0 Å². The zero-order valence-electron chi connectivity index (χ0n) is 5.65. The topological polar surface area (TPSA) is 38.4 Å². The molecule has 48 valence electrons. The lowest BCUT2D eigenvalue weighted by Crippen LogP contribution is -2.12. The van der Waals surface area contributed by atoms with Gasteiger partial charge in [-0.3, -0.25) is 4.99 Å². The zero-order chi connectivity index (χ0) is 6.41. The highest BCUT2D eigenvalue weighted by Crippen LogP contribution is 1.81. The first kappa shape index (κ1) is 7.63. The number of aliphatic imine (C=N–C) groups is 1. The fraction of sp³-hybridized carbons (Fsp3) is 0.833. The maximum Gasteiger partial charge on any atom is 0.0360 e. The van der Waals surface area contributed by atoms with Gasteiger partial charge in [0.2, 0.25) is 0 Å². The van der Waals surface area contributed by atoms with Crippen molar-refractivity contribution >= 4 is 5.71 Å². The number of nitrogens with zero attached hydrogens (tertiary/aromatic N) is 1. The summed E-state index contributed by atoms with van der Waals surface area (Å²) in [5.74, 6) is 0. The summed E-state index contributed by atoms with van der Waals surface area (Å²) in [6.45, 7) is 5.57. The van der Waals surface area contributed by atoms with Gasteiger partial charge in [-0.05, 0) is 13.3 Å². The maximum atomic E-state index is 5.34. The van der Waals surface area contributed by atoms with Gasteiger partial charge in [-0.1, -0.05) is 6.92 Å². The quantitative estimate of drug-likeness (QED) is 0.542. The van der Waals surface area contributed by atoms with Crippen molar-refractivity contribution in [3.63, 3.8) is 0 Å². The third-order valence-electron chi connectivity index (χ3n) is 1.03. The van der Waals surface area contributed by atoms with E-state index in [2.05, 4.69) is 11.9 Å². The second kappa shape index (κ2) is 4.78. The minimum absolute atomic E-state index is 0.615. The molecule has 0 aromatic carbocycles. The molecule has 0 atom stereocenters. The van der Waals surface area contributed by atoms with E-state index in [9.17, 15) is 0 Å². The average molecular weight is 114 g/mol. The first-order chi connectivity index (χ1) is 3.85. The Morgan fingerprint density at radius 3 is 2.25 bits per heavy atom. The first-order valence-corrected chi connectivity index (χ1v) is 3.07. The third-order valence-corrected chi connectivity index (χ3v) is 1.03. The Hall–Kier alpha value is -0.370. The predicted molar refractivity (Wildman–Crippen MR) is 37.3 cm³/mol. The van der Waals surface area contributed by atoms with E-state index < -0.39 is 0 Å². The molecule has 0 heterocycles. The predicted octanol–water partition coefficient (Wildman–Crippen LogP) is 0.816. The van der Waals surface area contributed by atoms with Gasteiger partial charge in [0.25, 0.3) is 0 Å². The summed E-state index contributed by atoms with van der Waals surface area (Å²) in [7, 11) is 0. The fourth-order valence-corrected chi connectivity index (χ4v) is 0.544. The Labute approximate surface area is 50.8 Å². The second-order valence-corrected chi connectivity index (χ2v) is 1.60. The molecule has 0 amide bonds. The van der Waals surface area contributed by atoms with E-state index >= 15 is 0 Å². The summed E-state index contributed by atoms with van der Waals surface area (Å²) in [6, 6.07) is 0. The fourth-order valence-electron chi connectivity index (χ4n) is 0.544. The largest absolute Gasteiger partial charge is 0.326 e. The lowest BCUT2D eigenvalue weighted by Gasteiger charge is -1.94. The van der Waals surface area contributed by atoms with Crippen molar-refractivity contribution in [3.8, 4) is 0 Å². The standard InChI is InChI=1S/C6H14N2/c1-3-6(5-7)8-4-2/h3-5,7H2,1-2H3. The number of nitrogens with two attached hydrogens (primary N) is 1. The normalized spacial score (nSPS) is 12.1. The van der Waals surface area contributed by atoms with Crippen LogP contribution in [0.2, 0.25) is 0 Å². The zero-order valence-corrected chi connectivity index (χ0v) is 5.65. The molecule has 2 N–H and O–H groups in total. The van der Waals surface area contributed by atoms with Crippen LogP contribution in [0, 0.1) is 0 Å². The molecule has 0 aliphatic carbocycles. The van der Waals surface area contributed by atoms with E-state index in [1.54, 1.807) is 0 Å².